The molecule has 3 rings (SSSR count). The maximum atomic E-state index is 13.8. The molecule has 0 radical (unpaired) electrons. The Morgan fingerprint density at radius 3 is 2.56 bits per heavy atom. The van der Waals surface area contributed by atoms with E-state index in [1.165, 1.54) is 0 Å². The number of alkyl halides is 2. The first-order valence-corrected chi connectivity index (χ1v) is 10.00. The molecule has 0 saturated heterocycles. The summed E-state index contributed by atoms with van der Waals surface area (Å²) in [4.78, 5) is 25.6. The van der Waals surface area contributed by atoms with E-state index in [0.717, 1.165) is 11.1 Å². The minimum Gasteiger partial charge on any atom is -0.479 e. The number of aliphatic hydroxyl groups excluding tert-OH is 1. The number of carboxylic acid groups (broad SMARTS) is 1. The highest BCUT2D eigenvalue weighted by molar-refractivity contribution is 14.1. The maximum Gasteiger partial charge on any atom is 0.337 e. The summed E-state index contributed by atoms with van der Waals surface area (Å²) < 4.78 is 28.3. The van der Waals surface area contributed by atoms with Crippen molar-refractivity contribution >= 4 is 34.5 Å². The number of hydrogen-bond acceptors (Lipinski definition) is 3. The Morgan fingerprint density at radius 2 is 1.96 bits per heavy atom. The first-order chi connectivity index (χ1) is 12.5. The Hall–Kier alpha value is -1.29. The molecule has 1 aliphatic heterocycles. The summed E-state index contributed by atoms with van der Waals surface area (Å²) >= 11 is 2.01. The van der Waals surface area contributed by atoms with Crippen molar-refractivity contribution < 1.29 is 28.6 Å². The van der Waals surface area contributed by atoms with Crippen LogP contribution in [0.15, 0.2) is 0 Å². The van der Waals surface area contributed by atoms with Crippen molar-refractivity contribution in [1.29, 1.82) is 0 Å². The number of aliphatic carboxylic acids is 1. The van der Waals surface area contributed by atoms with Crippen LogP contribution in [0.25, 0.3) is 0 Å². The van der Waals surface area contributed by atoms with Crippen LogP contribution in [0, 0.1) is 17.4 Å². The third-order valence-electron chi connectivity index (χ3n) is 5.78. The Morgan fingerprint density at radius 1 is 1.30 bits per heavy atom. The maximum absolute atomic E-state index is 13.8. The van der Waals surface area contributed by atoms with Gasteiger partial charge >= 0.3 is 5.97 Å². The third-order valence-corrected chi connectivity index (χ3v) is 7.17. The van der Waals surface area contributed by atoms with Gasteiger partial charge < -0.3 is 15.1 Å². The van der Waals surface area contributed by atoms with Crippen molar-refractivity contribution in [3.05, 3.63) is 31.4 Å². The smallest absolute Gasteiger partial charge is 0.337 e. The molecular weight excluding hydrogens is 471 g/mol. The molecule has 0 spiro atoms. The molecule has 148 valence electrons. The van der Waals surface area contributed by atoms with Crippen molar-refractivity contribution in [3.63, 3.8) is 0 Å². The van der Waals surface area contributed by atoms with E-state index in [2.05, 4.69) is 0 Å². The van der Waals surface area contributed by atoms with Crippen molar-refractivity contribution in [3.8, 4) is 0 Å². The normalized spacial score (nSPS) is 23.1. The van der Waals surface area contributed by atoms with E-state index in [1.54, 1.807) is 11.8 Å². The van der Waals surface area contributed by atoms with Crippen LogP contribution in [0.3, 0.4) is 0 Å². The molecule has 1 fully saturated rings. The average molecular weight is 493 g/mol. The first kappa shape index (κ1) is 20.4. The number of fused-ring (bicyclic) bond motifs is 1. The van der Waals surface area contributed by atoms with Gasteiger partial charge in [0.1, 0.15) is 0 Å². The molecule has 1 amide bonds. The van der Waals surface area contributed by atoms with E-state index in [-0.39, 0.29) is 31.7 Å². The van der Waals surface area contributed by atoms with E-state index in [0.29, 0.717) is 33.1 Å². The van der Waals surface area contributed by atoms with Gasteiger partial charge in [0.25, 0.3) is 0 Å². The van der Waals surface area contributed by atoms with Gasteiger partial charge in [-0.15, -0.1) is 0 Å². The Balaban J connectivity index is 2.01. The summed E-state index contributed by atoms with van der Waals surface area (Å²) in [5.41, 5.74) is 3.30. The van der Waals surface area contributed by atoms with E-state index < -0.39 is 24.0 Å². The van der Waals surface area contributed by atoms with Crippen molar-refractivity contribution in [2.45, 2.75) is 70.6 Å². The van der Waals surface area contributed by atoms with E-state index in [4.69, 9.17) is 0 Å². The largest absolute Gasteiger partial charge is 0.479 e. The zero-order chi connectivity index (χ0) is 20.1. The average Bonchev–Trinajstić information content (AvgIpc) is 2.58. The molecule has 2 atom stereocenters. The van der Waals surface area contributed by atoms with Crippen molar-refractivity contribution in [1.82, 2.24) is 4.90 Å². The van der Waals surface area contributed by atoms with Crippen LogP contribution in [-0.4, -0.2) is 39.0 Å². The number of hydrogen-bond donors (Lipinski definition) is 2. The molecule has 8 heteroatoms. The number of benzene rings is 1. The fourth-order valence-electron chi connectivity index (χ4n) is 4.27. The zero-order valence-corrected chi connectivity index (χ0v) is 17.3. The fraction of sp³-hybridized carbons (Fsp3) is 0.579. The Labute approximate surface area is 169 Å². The van der Waals surface area contributed by atoms with Crippen molar-refractivity contribution in [2.24, 2.45) is 0 Å². The number of aliphatic hydroxyl groups is 1. The van der Waals surface area contributed by atoms with Gasteiger partial charge in [0.05, 0.1) is 6.42 Å². The lowest BCUT2D eigenvalue weighted by Gasteiger charge is -2.41. The number of carbonyl (C=O) groups is 2. The molecule has 27 heavy (non-hydrogen) atoms. The van der Waals surface area contributed by atoms with Crippen LogP contribution < -0.4 is 0 Å². The van der Waals surface area contributed by atoms with Crippen LogP contribution >= 0.6 is 22.6 Å². The Bertz CT molecular complexity index is 812. The first-order valence-electron chi connectivity index (χ1n) is 8.92. The molecule has 0 aromatic heterocycles. The van der Waals surface area contributed by atoms with Gasteiger partial charge in [0.2, 0.25) is 11.8 Å². The molecule has 2 N–H and O–H groups in total. The highest BCUT2D eigenvalue weighted by atomic mass is 127. The van der Waals surface area contributed by atoms with E-state index in [9.17, 15) is 28.6 Å². The molecule has 1 aromatic carbocycles. The summed E-state index contributed by atoms with van der Waals surface area (Å²) in [6.45, 7) is 3.78. The minimum atomic E-state index is -2.74. The Kier molecular flexibility index (Phi) is 5.51. The number of rotatable bonds is 3. The number of carboxylic acids is 1. The minimum absolute atomic E-state index is 0.0420. The van der Waals surface area contributed by atoms with Gasteiger partial charge in [-0.1, -0.05) is 0 Å². The summed E-state index contributed by atoms with van der Waals surface area (Å²) in [6, 6.07) is -0.476. The summed E-state index contributed by atoms with van der Waals surface area (Å²) in [5, 5.41) is 19.3. The van der Waals surface area contributed by atoms with Crippen LogP contribution in [0.2, 0.25) is 0 Å². The van der Waals surface area contributed by atoms with E-state index in [1.807, 2.05) is 29.5 Å². The zero-order valence-electron chi connectivity index (χ0n) is 15.2. The molecule has 1 saturated carbocycles. The topological polar surface area (TPSA) is 77.8 Å². The number of halogens is 3. The van der Waals surface area contributed by atoms with E-state index >= 15 is 0 Å². The van der Waals surface area contributed by atoms with Crippen LogP contribution in [-0.2, 0) is 22.6 Å². The lowest BCUT2D eigenvalue weighted by atomic mass is 9.84. The van der Waals surface area contributed by atoms with Crippen LogP contribution in [0.5, 0.6) is 0 Å². The third kappa shape index (κ3) is 3.70. The molecule has 2 aliphatic rings. The van der Waals surface area contributed by atoms with Crippen LogP contribution in [0.1, 0.15) is 59.6 Å². The monoisotopic (exact) mass is 493 g/mol. The van der Waals surface area contributed by atoms with Gasteiger partial charge in [0.15, 0.2) is 6.10 Å². The lowest BCUT2D eigenvalue weighted by Crippen LogP contribution is -2.48. The molecule has 1 heterocycles. The predicted molar refractivity (Wildman–Crippen MR) is 103 cm³/mol. The molecular formula is C19H22F2INO4. The molecule has 1 unspecified atom stereocenters. The quantitative estimate of drug-likeness (QED) is 0.633. The fourth-order valence-corrected chi connectivity index (χ4v) is 5.30. The van der Waals surface area contributed by atoms with Gasteiger partial charge in [0, 0.05) is 34.6 Å². The number of carbonyl (C=O) groups excluding carboxylic acids is 1. The highest BCUT2D eigenvalue weighted by Gasteiger charge is 2.42. The molecule has 0 bridgehead atoms. The van der Waals surface area contributed by atoms with Gasteiger partial charge in [-0.25, -0.2) is 13.6 Å². The molecule has 1 aromatic rings. The van der Waals surface area contributed by atoms with Crippen molar-refractivity contribution in [2.75, 3.05) is 0 Å². The van der Waals surface area contributed by atoms with Gasteiger partial charge in [-0.2, -0.15) is 0 Å². The summed E-state index contributed by atoms with van der Waals surface area (Å²) in [7, 11) is 0. The SMILES string of the molecule is Cc1c(I)c([C@H](O)C(=O)O)c(C)c2c1CN(C1CCCC(F)(F)C1)C(=O)C2. The molecule has 1 aliphatic carbocycles. The molecule has 5 nitrogen and oxygen atoms in total. The highest BCUT2D eigenvalue weighted by Crippen LogP contribution is 2.40. The predicted octanol–water partition coefficient (Wildman–Crippen LogP) is 3.49. The van der Waals surface area contributed by atoms with Crippen LogP contribution in [0.4, 0.5) is 8.78 Å². The second kappa shape index (κ2) is 7.27. The second-order valence-corrected chi connectivity index (χ2v) is 8.56. The second-order valence-electron chi connectivity index (χ2n) is 7.48. The number of amides is 1. The van der Waals surface area contributed by atoms with Gasteiger partial charge in [-0.05, 0) is 71.5 Å². The standard InChI is InChI=1S/C19H22F2INO4/c1-9-12-6-14(24)23(11-4-3-5-19(20,21)7-11)8-13(12)10(2)16(22)15(9)17(25)18(26)27/h11,17,25H,3-8H2,1-2H3,(H,26,27)/t11?,17-/m0/s1. The summed E-state index contributed by atoms with van der Waals surface area (Å²) in [6.07, 6.45) is -1.09. The lowest BCUT2D eigenvalue weighted by molar-refractivity contribution is -0.147. The number of nitrogens with zero attached hydrogens (tertiary/aromatic N) is 1. The van der Waals surface area contributed by atoms with Gasteiger partial charge in [-0.3, -0.25) is 4.79 Å². The summed E-state index contributed by atoms with van der Waals surface area (Å²) in [5.74, 6) is -4.30.